The third-order valence-corrected chi connectivity index (χ3v) is 6.21. The number of alkyl carbamates (subject to hydrolysis) is 1. The number of fused-ring (bicyclic) bond motifs is 3. The van der Waals surface area contributed by atoms with Gasteiger partial charge in [0.2, 0.25) is 5.91 Å². The molecule has 3 atom stereocenters. The zero-order chi connectivity index (χ0) is 24.7. The normalized spacial score (nSPS) is 14.9. The van der Waals surface area contributed by atoms with Crippen molar-refractivity contribution in [1.29, 1.82) is 0 Å². The lowest BCUT2D eigenvalue weighted by molar-refractivity contribution is -0.139. The minimum Gasteiger partial charge on any atom is -0.481 e. The molecule has 0 fully saturated rings. The summed E-state index contributed by atoms with van der Waals surface area (Å²) in [6.45, 7) is 3.88. The van der Waals surface area contributed by atoms with Gasteiger partial charge in [0, 0.05) is 12.5 Å². The van der Waals surface area contributed by atoms with Gasteiger partial charge in [-0.15, -0.1) is 0 Å². The molecule has 3 rings (SSSR count). The Labute approximate surface area is 199 Å². The number of hydrogen-bond donors (Lipinski definition) is 4. The average molecular weight is 469 g/mol. The van der Waals surface area contributed by atoms with E-state index >= 15 is 0 Å². The maximum Gasteiger partial charge on any atom is 0.407 e. The lowest BCUT2D eigenvalue weighted by Gasteiger charge is -2.22. The highest BCUT2D eigenvalue weighted by molar-refractivity contribution is 5.86. The van der Waals surface area contributed by atoms with Crippen molar-refractivity contribution in [2.45, 2.75) is 51.2 Å². The third kappa shape index (κ3) is 6.35. The van der Waals surface area contributed by atoms with Gasteiger partial charge in [0.1, 0.15) is 12.6 Å². The Balaban J connectivity index is 1.62. The molecule has 0 heterocycles. The van der Waals surface area contributed by atoms with E-state index in [0.29, 0.717) is 6.42 Å². The van der Waals surface area contributed by atoms with Crippen LogP contribution in [0.1, 0.15) is 50.2 Å². The number of aliphatic hydroxyl groups is 1. The number of ether oxygens (including phenoxy) is 1. The van der Waals surface area contributed by atoms with E-state index in [-0.39, 0.29) is 25.0 Å². The van der Waals surface area contributed by atoms with E-state index in [1.54, 1.807) is 0 Å². The summed E-state index contributed by atoms with van der Waals surface area (Å²) in [6.07, 6.45) is -1.17. The molecule has 2 amide bonds. The van der Waals surface area contributed by atoms with Gasteiger partial charge in [0.05, 0.1) is 12.5 Å². The smallest absolute Gasteiger partial charge is 0.407 e. The molecule has 0 spiro atoms. The molecule has 0 radical (unpaired) electrons. The average Bonchev–Trinajstić information content (AvgIpc) is 3.14. The molecule has 1 aliphatic rings. The lowest BCUT2D eigenvalue weighted by Crippen LogP contribution is -2.49. The molecule has 8 nitrogen and oxygen atoms in total. The number of aliphatic carboxylic acids is 1. The first kappa shape index (κ1) is 25.2. The minimum atomic E-state index is -1.21. The van der Waals surface area contributed by atoms with E-state index in [0.717, 1.165) is 28.7 Å². The first-order valence-electron chi connectivity index (χ1n) is 11.6. The molecule has 34 heavy (non-hydrogen) atoms. The summed E-state index contributed by atoms with van der Waals surface area (Å²) in [5.74, 6) is -1.58. The van der Waals surface area contributed by atoms with Crippen LogP contribution in [0, 0.1) is 5.92 Å². The van der Waals surface area contributed by atoms with E-state index < -0.39 is 36.5 Å². The zero-order valence-electron chi connectivity index (χ0n) is 19.5. The van der Waals surface area contributed by atoms with Crippen LogP contribution in [0.2, 0.25) is 0 Å². The predicted octanol–water partition coefficient (Wildman–Crippen LogP) is 3.28. The molecule has 8 heteroatoms. The molecule has 0 bridgehead atoms. The molecule has 2 aromatic carbocycles. The monoisotopic (exact) mass is 468 g/mol. The second-order valence-electron chi connectivity index (χ2n) is 8.77. The van der Waals surface area contributed by atoms with Gasteiger partial charge < -0.3 is 25.6 Å². The van der Waals surface area contributed by atoms with Gasteiger partial charge in [-0.25, -0.2) is 4.79 Å². The molecular weight excluding hydrogens is 436 g/mol. The van der Waals surface area contributed by atoms with E-state index in [1.807, 2.05) is 50.2 Å². The number of carbonyl (C=O) groups is 3. The van der Waals surface area contributed by atoms with Crippen LogP contribution in [0.5, 0.6) is 0 Å². The summed E-state index contributed by atoms with van der Waals surface area (Å²) >= 11 is 0. The number of carboxylic acids is 1. The van der Waals surface area contributed by atoms with Gasteiger partial charge >= 0.3 is 12.1 Å². The number of hydrogen-bond acceptors (Lipinski definition) is 5. The van der Waals surface area contributed by atoms with Crippen LogP contribution in [0.3, 0.4) is 0 Å². The maximum atomic E-state index is 12.7. The molecule has 1 aliphatic carbocycles. The highest BCUT2D eigenvalue weighted by atomic mass is 16.5. The lowest BCUT2D eigenvalue weighted by atomic mass is 9.98. The van der Waals surface area contributed by atoms with E-state index in [1.165, 1.54) is 0 Å². The Bertz CT molecular complexity index is 978. The molecule has 0 aromatic heterocycles. The van der Waals surface area contributed by atoms with Crippen LogP contribution in [-0.4, -0.2) is 53.5 Å². The van der Waals surface area contributed by atoms with Crippen molar-refractivity contribution in [3.63, 3.8) is 0 Å². The van der Waals surface area contributed by atoms with Crippen molar-refractivity contribution >= 4 is 18.0 Å². The van der Waals surface area contributed by atoms with E-state index in [9.17, 15) is 19.5 Å². The van der Waals surface area contributed by atoms with Crippen LogP contribution >= 0.6 is 0 Å². The minimum absolute atomic E-state index is 0.0915. The Morgan fingerprint density at radius 1 is 1.03 bits per heavy atom. The molecule has 2 aromatic rings. The quantitative estimate of drug-likeness (QED) is 0.401. The van der Waals surface area contributed by atoms with Gasteiger partial charge in [0.25, 0.3) is 0 Å². The number of benzene rings is 2. The SMILES string of the molecule is CCC(C)CC(NC(=O)OCC1c2ccccc2-c2ccccc21)C(=O)NCC(O)CC(=O)O. The second kappa shape index (κ2) is 11.7. The fraction of sp³-hybridized carbons (Fsp3) is 0.423. The third-order valence-electron chi connectivity index (χ3n) is 6.21. The fourth-order valence-electron chi connectivity index (χ4n) is 4.20. The topological polar surface area (TPSA) is 125 Å². The van der Waals surface area contributed by atoms with Crippen molar-refractivity contribution in [2.24, 2.45) is 5.92 Å². The van der Waals surface area contributed by atoms with Gasteiger partial charge in [-0.3, -0.25) is 9.59 Å². The summed E-state index contributed by atoms with van der Waals surface area (Å²) in [5.41, 5.74) is 4.44. The predicted molar refractivity (Wildman–Crippen MR) is 127 cm³/mol. The first-order chi connectivity index (χ1) is 16.3. The van der Waals surface area contributed by atoms with Gasteiger partial charge in [-0.05, 0) is 34.6 Å². The number of aliphatic hydroxyl groups excluding tert-OH is 1. The summed E-state index contributed by atoms with van der Waals surface area (Å²) in [7, 11) is 0. The Morgan fingerprint density at radius 3 is 2.18 bits per heavy atom. The molecule has 0 saturated carbocycles. The van der Waals surface area contributed by atoms with Gasteiger partial charge in [0.15, 0.2) is 0 Å². The van der Waals surface area contributed by atoms with Crippen molar-refractivity contribution < 1.29 is 29.3 Å². The summed E-state index contributed by atoms with van der Waals surface area (Å²) in [6, 6.07) is 15.2. The van der Waals surface area contributed by atoms with Crippen LogP contribution < -0.4 is 10.6 Å². The van der Waals surface area contributed by atoms with Gasteiger partial charge in [-0.1, -0.05) is 68.8 Å². The fourth-order valence-corrected chi connectivity index (χ4v) is 4.20. The summed E-state index contributed by atoms with van der Waals surface area (Å²) in [5, 5.41) is 23.6. The second-order valence-corrected chi connectivity index (χ2v) is 8.77. The number of carbonyl (C=O) groups excluding carboxylic acids is 2. The number of amides is 2. The van der Waals surface area contributed by atoms with Gasteiger partial charge in [-0.2, -0.15) is 0 Å². The Hall–Kier alpha value is -3.39. The molecule has 0 saturated heterocycles. The molecular formula is C26H32N2O6. The summed E-state index contributed by atoms with van der Waals surface area (Å²) < 4.78 is 5.56. The van der Waals surface area contributed by atoms with E-state index in [4.69, 9.17) is 9.84 Å². The van der Waals surface area contributed by atoms with Crippen molar-refractivity contribution in [2.75, 3.05) is 13.2 Å². The van der Waals surface area contributed by atoms with Crippen LogP contribution in [0.4, 0.5) is 4.79 Å². The largest absolute Gasteiger partial charge is 0.481 e. The van der Waals surface area contributed by atoms with E-state index in [2.05, 4.69) is 22.8 Å². The number of carboxylic acid groups (broad SMARTS) is 1. The maximum absolute atomic E-state index is 12.7. The van der Waals surface area contributed by atoms with Crippen LogP contribution in [-0.2, 0) is 14.3 Å². The highest BCUT2D eigenvalue weighted by Gasteiger charge is 2.30. The van der Waals surface area contributed by atoms with Crippen molar-refractivity contribution in [3.05, 3.63) is 59.7 Å². The molecule has 4 N–H and O–H groups in total. The molecule has 182 valence electrons. The Kier molecular flexibility index (Phi) is 8.65. The molecule has 3 unspecified atom stereocenters. The Morgan fingerprint density at radius 2 is 1.62 bits per heavy atom. The highest BCUT2D eigenvalue weighted by Crippen LogP contribution is 2.44. The zero-order valence-corrected chi connectivity index (χ0v) is 19.5. The summed E-state index contributed by atoms with van der Waals surface area (Å²) in [4.78, 5) is 36.0. The first-order valence-corrected chi connectivity index (χ1v) is 11.6. The molecule has 0 aliphatic heterocycles. The standard InChI is InChI=1S/C26H32N2O6/c1-3-16(2)12-23(25(32)27-14-17(29)13-24(30)31)28-26(33)34-15-22-20-10-6-4-8-18(20)19-9-5-7-11-21(19)22/h4-11,16-17,22-23,29H,3,12-15H2,1-2H3,(H,27,32)(H,28,33)(H,30,31). The van der Waals surface area contributed by atoms with Crippen molar-refractivity contribution in [3.8, 4) is 11.1 Å². The number of rotatable bonds is 11. The number of nitrogens with one attached hydrogen (secondary N) is 2. The van der Waals surface area contributed by atoms with Crippen molar-refractivity contribution in [1.82, 2.24) is 10.6 Å². The van der Waals surface area contributed by atoms with Crippen LogP contribution in [0.15, 0.2) is 48.5 Å². The van der Waals surface area contributed by atoms with Crippen LogP contribution in [0.25, 0.3) is 11.1 Å².